The van der Waals surface area contributed by atoms with Crippen LogP contribution < -0.4 is 0 Å². The van der Waals surface area contributed by atoms with Gasteiger partial charge in [0, 0.05) is 41.3 Å². The number of rotatable bonds is 6. The lowest BCUT2D eigenvalue weighted by atomic mass is 10.1. The highest BCUT2D eigenvalue weighted by Crippen LogP contribution is 2.35. The van der Waals surface area contributed by atoms with E-state index in [1.54, 1.807) is 42.5 Å². The highest BCUT2D eigenvalue weighted by Gasteiger charge is 2.35. The van der Waals surface area contributed by atoms with Crippen molar-refractivity contribution < 1.29 is 14.5 Å². The second-order valence-corrected chi connectivity index (χ2v) is 9.19. The topological polar surface area (TPSA) is 109 Å². The number of aromatic nitrogens is 1. The minimum Gasteiger partial charge on any atom is -0.342 e. The van der Waals surface area contributed by atoms with Gasteiger partial charge in [-0.3, -0.25) is 24.6 Å². The molecule has 0 saturated carbocycles. The number of imide groups is 1. The van der Waals surface area contributed by atoms with Gasteiger partial charge in [-0.15, -0.1) is 0 Å². The zero-order valence-electron chi connectivity index (χ0n) is 18.8. The molecule has 1 aliphatic heterocycles. The lowest BCUT2D eigenvalue weighted by molar-refractivity contribution is -0.384. The Hall–Kier alpha value is -4.68. The van der Waals surface area contributed by atoms with Crippen LogP contribution in [0.25, 0.3) is 17.0 Å². The van der Waals surface area contributed by atoms with Crippen molar-refractivity contribution in [3.63, 3.8) is 0 Å². The van der Waals surface area contributed by atoms with Gasteiger partial charge >= 0.3 is 0 Å². The zero-order valence-corrected chi connectivity index (χ0v) is 19.6. The zero-order chi connectivity index (χ0) is 25.2. The van der Waals surface area contributed by atoms with E-state index < -0.39 is 10.8 Å². The number of nitrogens with zero attached hydrogens (tertiary/aromatic N) is 4. The maximum absolute atomic E-state index is 13.1. The molecule has 0 spiro atoms. The van der Waals surface area contributed by atoms with Crippen molar-refractivity contribution in [3.05, 3.63) is 116 Å². The Balaban J connectivity index is 1.46. The predicted molar refractivity (Wildman–Crippen MR) is 137 cm³/mol. The molecule has 0 aliphatic carbocycles. The van der Waals surface area contributed by atoms with Gasteiger partial charge in [-0.1, -0.05) is 48.5 Å². The molecule has 0 atom stereocenters. The third-order valence-corrected chi connectivity index (χ3v) is 6.83. The van der Waals surface area contributed by atoms with Gasteiger partial charge in [0.2, 0.25) is 0 Å². The molecule has 5 rings (SSSR count). The fraction of sp³-hybridized carbons (Fsp3) is 0.0741. The van der Waals surface area contributed by atoms with Gasteiger partial charge in [0.15, 0.2) is 0 Å². The van der Waals surface area contributed by atoms with Crippen LogP contribution in [-0.4, -0.2) is 25.5 Å². The fourth-order valence-corrected chi connectivity index (χ4v) is 5.03. The van der Waals surface area contributed by atoms with E-state index in [0.29, 0.717) is 22.6 Å². The molecule has 1 aromatic heterocycles. The van der Waals surface area contributed by atoms with Crippen LogP contribution in [0.15, 0.2) is 83.9 Å². The summed E-state index contributed by atoms with van der Waals surface area (Å²) in [6.07, 6.45) is 3.58. The van der Waals surface area contributed by atoms with Gasteiger partial charge < -0.3 is 4.57 Å². The second-order valence-electron chi connectivity index (χ2n) is 8.19. The van der Waals surface area contributed by atoms with Crippen molar-refractivity contribution in [2.24, 2.45) is 0 Å². The van der Waals surface area contributed by atoms with E-state index in [-0.39, 0.29) is 17.5 Å². The number of non-ortho nitro benzene ring substituents is 1. The Morgan fingerprint density at radius 3 is 2.58 bits per heavy atom. The molecule has 0 unspecified atom stereocenters. The summed E-state index contributed by atoms with van der Waals surface area (Å²) in [7, 11) is 0. The first-order valence-corrected chi connectivity index (χ1v) is 11.8. The number of carbonyl (C=O) groups excluding carboxylic acids is 2. The van der Waals surface area contributed by atoms with Crippen LogP contribution in [0.4, 0.5) is 10.5 Å². The minimum absolute atomic E-state index is 0.0239. The predicted octanol–water partition coefficient (Wildman–Crippen LogP) is 5.71. The number of thioether (sulfide) groups is 1. The molecule has 36 heavy (non-hydrogen) atoms. The second kappa shape index (κ2) is 9.52. The Bertz CT molecular complexity index is 1620. The largest absolute Gasteiger partial charge is 0.342 e. The first-order chi connectivity index (χ1) is 17.4. The summed E-state index contributed by atoms with van der Waals surface area (Å²) >= 11 is 0.868. The van der Waals surface area contributed by atoms with Crippen molar-refractivity contribution in [1.82, 2.24) is 9.47 Å². The number of nitro groups is 1. The molecule has 0 bridgehead atoms. The van der Waals surface area contributed by atoms with Crippen LogP contribution >= 0.6 is 11.8 Å². The summed E-state index contributed by atoms with van der Waals surface area (Å²) in [6, 6.07) is 23.1. The quantitative estimate of drug-likeness (QED) is 0.193. The Morgan fingerprint density at radius 2 is 1.78 bits per heavy atom. The van der Waals surface area contributed by atoms with Gasteiger partial charge in [0.25, 0.3) is 16.8 Å². The van der Waals surface area contributed by atoms with Gasteiger partial charge in [-0.25, -0.2) is 0 Å². The highest BCUT2D eigenvalue weighted by molar-refractivity contribution is 8.18. The molecule has 1 aliphatic rings. The molecule has 3 aromatic carbocycles. The van der Waals surface area contributed by atoms with Crippen LogP contribution in [0.5, 0.6) is 0 Å². The smallest absolute Gasteiger partial charge is 0.293 e. The van der Waals surface area contributed by atoms with Gasteiger partial charge in [-0.2, -0.15) is 5.26 Å². The third-order valence-electron chi connectivity index (χ3n) is 5.92. The molecule has 1 saturated heterocycles. The van der Waals surface area contributed by atoms with Crippen LogP contribution in [0, 0.1) is 21.4 Å². The van der Waals surface area contributed by atoms with Crippen molar-refractivity contribution in [1.29, 1.82) is 5.26 Å². The van der Waals surface area contributed by atoms with Crippen molar-refractivity contribution in [3.8, 4) is 6.07 Å². The number of nitro benzene ring substituents is 1. The van der Waals surface area contributed by atoms with Crippen molar-refractivity contribution >= 4 is 45.6 Å². The number of nitriles is 1. The SMILES string of the molecule is N#Cc1ccccc1CN1C(=O)S/C(=C/c2cn(Cc3cccc([N+](=O)[O-])c3)c3ccccc23)C1=O. The van der Waals surface area contributed by atoms with Crippen LogP contribution in [0.3, 0.4) is 0 Å². The lowest BCUT2D eigenvalue weighted by Crippen LogP contribution is -2.27. The maximum atomic E-state index is 13.1. The average Bonchev–Trinajstić information content (AvgIpc) is 3.36. The van der Waals surface area contributed by atoms with E-state index in [1.807, 2.05) is 41.1 Å². The van der Waals surface area contributed by atoms with Gasteiger partial charge in [0.05, 0.1) is 28.0 Å². The highest BCUT2D eigenvalue weighted by atomic mass is 32.2. The third kappa shape index (κ3) is 4.37. The lowest BCUT2D eigenvalue weighted by Gasteiger charge is -2.13. The van der Waals surface area contributed by atoms with Crippen LogP contribution in [0.1, 0.15) is 22.3 Å². The summed E-state index contributed by atoms with van der Waals surface area (Å²) in [4.78, 5) is 38.0. The van der Waals surface area contributed by atoms with E-state index >= 15 is 0 Å². The molecular weight excluding hydrogens is 476 g/mol. The molecule has 2 amide bonds. The molecule has 8 nitrogen and oxygen atoms in total. The standard InChI is InChI=1S/C27H18N4O4S/c28-14-19-7-1-2-8-20(19)17-30-26(32)25(36-27(30)33)13-21-16-29(24-11-4-3-10-23(21)24)15-18-6-5-9-22(12-18)31(34)35/h1-13,16H,15,17H2/b25-13+. The van der Waals surface area contributed by atoms with E-state index in [4.69, 9.17) is 0 Å². The molecule has 0 N–H and O–H groups in total. The minimum atomic E-state index is -0.423. The number of benzene rings is 3. The number of amides is 2. The first kappa shape index (κ1) is 23.1. The molecule has 176 valence electrons. The fourth-order valence-electron chi connectivity index (χ4n) is 4.20. The van der Waals surface area contributed by atoms with Crippen LogP contribution in [0.2, 0.25) is 0 Å². The Morgan fingerprint density at radius 1 is 1.00 bits per heavy atom. The summed E-state index contributed by atoms with van der Waals surface area (Å²) in [6.45, 7) is 0.433. The molecular formula is C27H18N4O4S. The summed E-state index contributed by atoms with van der Waals surface area (Å²) in [5.41, 5.74) is 3.49. The molecule has 2 heterocycles. The number of fused-ring (bicyclic) bond motifs is 1. The summed E-state index contributed by atoms with van der Waals surface area (Å²) in [5.74, 6) is -0.409. The number of para-hydroxylation sites is 1. The maximum Gasteiger partial charge on any atom is 0.293 e. The van der Waals surface area contributed by atoms with Gasteiger partial charge in [-0.05, 0) is 41.1 Å². The number of carbonyl (C=O) groups is 2. The Kier molecular flexibility index (Phi) is 6.10. The van der Waals surface area contributed by atoms with E-state index in [2.05, 4.69) is 6.07 Å². The number of hydrogen-bond acceptors (Lipinski definition) is 6. The van der Waals surface area contributed by atoms with Crippen molar-refractivity contribution in [2.45, 2.75) is 13.1 Å². The van der Waals surface area contributed by atoms with Crippen molar-refractivity contribution in [2.75, 3.05) is 0 Å². The monoisotopic (exact) mass is 494 g/mol. The summed E-state index contributed by atoms with van der Waals surface area (Å²) in [5, 5.41) is 21.0. The molecule has 9 heteroatoms. The first-order valence-electron chi connectivity index (χ1n) is 11.0. The van der Waals surface area contributed by atoms with E-state index in [9.17, 15) is 25.0 Å². The van der Waals surface area contributed by atoms with E-state index in [1.165, 1.54) is 6.07 Å². The Labute approximate surface area is 210 Å². The molecule has 1 fully saturated rings. The van der Waals surface area contributed by atoms with E-state index in [0.717, 1.165) is 38.7 Å². The van der Waals surface area contributed by atoms with Gasteiger partial charge in [0.1, 0.15) is 0 Å². The molecule has 0 radical (unpaired) electrons. The average molecular weight is 495 g/mol. The summed E-state index contributed by atoms with van der Waals surface area (Å²) < 4.78 is 1.97. The number of hydrogen-bond donors (Lipinski definition) is 0. The molecule has 4 aromatic rings. The van der Waals surface area contributed by atoms with Crippen LogP contribution in [-0.2, 0) is 17.9 Å². The normalized spacial score (nSPS) is 14.5.